The van der Waals surface area contributed by atoms with Gasteiger partial charge in [-0.3, -0.25) is 0 Å². The smallest absolute Gasteiger partial charge is 0.130 e. The van der Waals surface area contributed by atoms with Crippen molar-refractivity contribution in [3.05, 3.63) is 34.6 Å². The molecule has 0 saturated heterocycles. The lowest BCUT2D eigenvalue weighted by Gasteiger charge is -2.23. The maximum absolute atomic E-state index is 14.7. The lowest BCUT2D eigenvalue weighted by molar-refractivity contribution is 0.504. The standard InChI is InChI=1S/C19H32FN/c1-13(2)10-16-11-15(9-7-8-14(3)21)12-17(18(16)20)19(4,5)6/h11-14H,7-10,21H2,1-6H3/t14-/m0/s1. The van der Waals surface area contributed by atoms with Gasteiger partial charge >= 0.3 is 0 Å². The summed E-state index contributed by atoms with van der Waals surface area (Å²) in [7, 11) is 0. The SMILES string of the molecule is CC(C)Cc1cc(CCC[C@H](C)N)cc(C(C)(C)C)c1F. The summed E-state index contributed by atoms with van der Waals surface area (Å²) in [5, 5.41) is 0. The molecule has 0 aliphatic carbocycles. The number of halogens is 1. The quantitative estimate of drug-likeness (QED) is 0.785. The molecule has 1 atom stereocenters. The number of benzene rings is 1. The van der Waals surface area contributed by atoms with Crippen molar-refractivity contribution >= 4 is 0 Å². The first kappa shape index (κ1) is 18.2. The zero-order valence-corrected chi connectivity index (χ0v) is 14.6. The van der Waals surface area contributed by atoms with Gasteiger partial charge in [-0.1, -0.05) is 46.8 Å². The molecular weight excluding hydrogens is 261 g/mol. The molecule has 0 aliphatic rings. The highest BCUT2D eigenvalue weighted by atomic mass is 19.1. The largest absolute Gasteiger partial charge is 0.328 e. The highest BCUT2D eigenvalue weighted by Gasteiger charge is 2.22. The van der Waals surface area contributed by atoms with Gasteiger partial charge in [0, 0.05) is 6.04 Å². The normalized spacial score (nSPS) is 13.8. The van der Waals surface area contributed by atoms with Gasteiger partial charge in [-0.2, -0.15) is 0 Å². The van der Waals surface area contributed by atoms with Crippen LogP contribution in [0.15, 0.2) is 12.1 Å². The molecule has 0 bridgehead atoms. The van der Waals surface area contributed by atoms with Crippen LogP contribution in [0.2, 0.25) is 0 Å². The van der Waals surface area contributed by atoms with Gasteiger partial charge in [-0.05, 0) is 60.6 Å². The van der Waals surface area contributed by atoms with Crippen molar-refractivity contribution in [1.82, 2.24) is 0 Å². The first-order valence-corrected chi connectivity index (χ1v) is 8.18. The van der Waals surface area contributed by atoms with Gasteiger partial charge in [0.25, 0.3) is 0 Å². The Bertz CT molecular complexity index is 455. The van der Waals surface area contributed by atoms with E-state index >= 15 is 0 Å². The molecule has 1 aromatic carbocycles. The van der Waals surface area contributed by atoms with E-state index in [4.69, 9.17) is 5.73 Å². The summed E-state index contributed by atoms with van der Waals surface area (Å²) in [6.07, 6.45) is 3.86. The van der Waals surface area contributed by atoms with E-state index in [2.05, 4.69) is 46.8 Å². The van der Waals surface area contributed by atoms with Crippen molar-refractivity contribution in [2.24, 2.45) is 11.7 Å². The predicted octanol–water partition coefficient (Wildman–Crippen LogP) is 4.99. The van der Waals surface area contributed by atoms with Crippen molar-refractivity contribution in [2.75, 3.05) is 0 Å². The van der Waals surface area contributed by atoms with E-state index in [9.17, 15) is 4.39 Å². The van der Waals surface area contributed by atoms with Crippen LogP contribution in [-0.2, 0) is 18.3 Å². The van der Waals surface area contributed by atoms with E-state index in [-0.39, 0.29) is 17.3 Å². The van der Waals surface area contributed by atoms with Gasteiger partial charge in [0.2, 0.25) is 0 Å². The van der Waals surface area contributed by atoms with Crippen LogP contribution in [-0.4, -0.2) is 6.04 Å². The third-order valence-electron chi connectivity index (χ3n) is 3.77. The fraction of sp³-hybridized carbons (Fsp3) is 0.684. The van der Waals surface area contributed by atoms with Gasteiger partial charge in [-0.25, -0.2) is 4.39 Å². The maximum Gasteiger partial charge on any atom is 0.130 e. The fourth-order valence-electron chi connectivity index (χ4n) is 2.66. The summed E-state index contributed by atoms with van der Waals surface area (Å²) in [4.78, 5) is 0. The minimum absolute atomic E-state index is 0.00728. The maximum atomic E-state index is 14.7. The molecule has 0 radical (unpaired) electrons. The van der Waals surface area contributed by atoms with E-state index < -0.39 is 0 Å². The van der Waals surface area contributed by atoms with Crippen molar-refractivity contribution in [1.29, 1.82) is 0 Å². The summed E-state index contributed by atoms with van der Waals surface area (Å²) in [6, 6.07) is 4.36. The molecule has 0 unspecified atom stereocenters. The Labute approximate surface area is 130 Å². The Balaban J connectivity index is 3.08. The molecule has 0 fully saturated rings. The van der Waals surface area contributed by atoms with E-state index in [1.54, 1.807) is 0 Å². The van der Waals surface area contributed by atoms with E-state index in [1.807, 2.05) is 6.92 Å². The number of nitrogens with two attached hydrogens (primary N) is 1. The number of hydrogen-bond acceptors (Lipinski definition) is 1. The van der Waals surface area contributed by atoms with Crippen LogP contribution < -0.4 is 5.73 Å². The molecule has 21 heavy (non-hydrogen) atoms. The lowest BCUT2D eigenvalue weighted by atomic mass is 9.82. The van der Waals surface area contributed by atoms with Crippen molar-refractivity contribution in [2.45, 2.75) is 78.7 Å². The van der Waals surface area contributed by atoms with Crippen molar-refractivity contribution < 1.29 is 4.39 Å². The zero-order valence-electron chi connectivity index (χ0n) is 14.6. The lowest BCUT2D eigenvalue weighted by Crippen LogP contribution is -2.17. The minimum Gasteiger partial charge on any atom is -0.328 e. The molecule has 120 valence electrons. The second-order valence-electron chi connectivity index (χ2n) is 7.83. The van der Waals surface area contributed by atoms with E-state index in [0.29, 0.717) is 5.92 Å². The number of hydrogen-bond donors (Lipinski definition) is 1. The Morgan fingerprint density at radius 3 is 2.24 bits per heavy atom. The molecule has 1 nitrogen and oxygen atoms in total. The van der Waals surface area contributed by atoms with Gasteiger partial charge in [0.15, 0.2) is 0 Å². The molecule has 2 heteroatoms. The van der Waals surface area contributed by atoms with Crippen molar-refractivity contribution in [3.63, 3.8) is 0 Å². The average molecular weight is 293 g/mol. The second kappa shape index (κ2) is 7.40. The van der Waals surface area contributed by atoms with Gasteiger partial charge in [-0.15, -0.1) is 0 Å². The molecule has 0 spiro atoms. The monoisotopic (exact) mass is 293 g/mol. The van der Waals surface area contributed by atoms with Crippen LogP contribution in [0.4, 0.5) is 4.39 Å². The van der Waals surface area contributed by atoms with Crippen LogP contribution in [0, 0.1) is 11.7 Å². The third kappa shape index (κ3) is 5.78. The van der Waals surface area contributed by atoms with Gasteiger partial charge in [0.05, 0.1) is 0 Å². The van der Waals surface area contributed by atoms with Crippen molar-refractivity contribution in [3.8, 4) is 0 Å². The summed E-state index contributed by atoms with van der Waals surface area (Å²) in [5.74, 6) is 0.457. The van der Waals surface area contributed by atoms with Crippen LogP contribution >= 0.6 is 0 Å². The predicted molar refractivity (Wildman–Crippen MR) is 90.2 cm³/mol. The molecule has 1 aromatic rings. The second-order valence-corrected chi connectivity index (χ2v) is 7.83. The molecule has 0 saturated carbocycles. The number of rotatable bonds is 6. The first-order valence-electron chi connectivity index (χ1n) is 8.18. The summed E-state index contributed by atoms with van der Waals surface area (Å²) < 4.78 is 14.7. The molecule has 0 heterocycles. The molecule has 0 aliphatic heterocycles. The van der Waals surface area contributed by atoms with Crippen LogP contribution in [0.3, 0.4) is 0 Å². The van der Waals surface area contributed by atoms with Crippen LogP contribution in [0.5, 0.6) is 0 Å². The topological polar surface area (TPSA) is 26.0 Å². The molecule has 1 rings (SSSR count). The molecule has 0 amide bonds. The van der Waals surface area contributed by atoms with Crippen LogP contribution in [0.25, 0.3) is 0 Å². The summed E-state index contributed by atoms with van der Waals surface area (Å²) in [6.45, 7) is 12.6. The van der Waals surface area contributed by atoms with E-state index in [1.165, 1.54) is 5.56 Å². The number of aryl methyl sites for hydroxylation is 1. The van der Waals surface area contributed by atoms with Gasteiger partial charge < -0.3 is 5.73 Å². The Morgan fingerprint density at radius 1 is 1.14 bits per heavy atom. The average Bonchev–Trinajstić information content (AvgIpc) is 2.30. The third-order valence-corrected chi connectivity index (χ3v) is 3.77. The zero-order chi connectivity index (χ0) is 16.2. The molecular formula is C19H32FN. The highest BCUT2D eigenvalue weighted by molar-refractivity contribution is 5.36. The Kier molecular flexibility index (Phi) is 6.40. The minimum atomic E-state index is -0.160. The van der Waals surface area contributed by atoms with Crippen LogP contribution in [0.1, 0.15) is 71.1 Å². The summed E-state index contributed by atoms with van der Waals surface area (Å²) in [5.41, 5.74) is 8.62. The first-order chi connectivity index (χ1) is 9.61. The summed E-state index contributed by atoms with van der Waals surface area (Å²) >= 11 is 0. The van der Waals surface area contributed by atoms with E-state index in [0.717, 1.165) is 36.8 Å². The highest BCUT2D eigenvalue weighted by Crippen LogP contribution is 2.30. The Hall–Kier alpha value is -0.890. The molecule has 2 N–H and O–H groups in total. The Morgan fingerprint density at radius 2 is 1.76 bits per heavy atom. The fourth-order valence-corrected chi connectivity index (χ4v) is 2.66. The van der Waals surface area contributed by atoms with Gasteiger partial charge in [0.1, 0.15) is 5.82 Å². The molecule has 0 aromatic heterocycles.